The zero-order valence-electron chi connectivity index (χ0n) is 11.8. The zero-order valence-corrected chi connectivity index (χ0v) is 11.8. The Bertz CT molecular complexity index is 689. The Kier molecular flexibility index (Phi) is 4.23. The first-order valence-corrected chi connectivity index (χ1v) is 6.74. The van der Waals surface area contributed by atoms with Gasteiger partial charge in [0, 0.05) is 29.0 Å². The molecule has 2 aromatic rings. The van der Waals surface area contributed by atoms with E-state index in [1.807, 2.05) is 36.4 Å². The van der Waals surface area contributed by atoms with Crippen LogP contribution in [0.25, 0.3) is 10.8 Å². The lowest BCUT2D eigenvalue weighted by atomic mass is 10.0. The molecule has 0 aromatic heterocycles. The largest absolute Gasteiger partial charge is 0.368 e. The standard InChI is InChI=1S/C17H17N3/c1-13(2)20(11-5-10-18)17-9-8-14(12-19)15-6-3-4-7-16(15)17/h3-4,6-9,13H,5,11H2,1-2H3. The highest BCUT2D eigenvalue weighted by atomic mass is 15.1. The van der Waals surface area contributed by atoms with Crippen LogP contribution < -0.4 is 4.90 Å². The van der Waals surface area contributed by atoms with Crippen LogP contribution in [0.1, 0.15) is 25.8 Å². The van der Waals surface area contributed by atoms with Crippen LogP contribution in [0.4, 0.5) is 5.69 Å². The van der Waals surface area contributed by atoms with E-state index in [4.69, 9.17) is 5.26 Å². The second-order valence-electron chi connectivity index (χ2n) is 4.98. The van der Waals surface area contributed by atoms with E-state index in [0.29, 0.717) is 24.6 Å². The molecule has 100 valence electrons. The van der Waals surface area contributed by atoms with Crippen LogP contribution in [0, 0.1) is 22.7 Å². The number of fused-ring (bicyclic) bond motifs is 1. The third-order valence-corrected chi connectivity index (χ3v) is 3.42. The quantitative estimate of drug-likeness (QED) is 0.842. The maximum Gasteiger partial charge on any atom is 0.0998 e. The van der Waals surface area contributed by atoms with Gasteiger partial charge in [0.1, 0.15) is 0 Å². The maximum atomic E-state index is 9.21. The van der Waals surface area contributed by atoms with Crippen molar-refractivity contribution < 1.29 is 0 Å². The van der Waals surface area contributed by atoms with Crippen molar-refractivity contribution in [2.75, 3.05) is 11.4 Å². The highest BCUT2D eigenvalue weighted by molar-refractivity contribution is 5.97. The summed E-state index contributed by atoms with van der Waals surface area (Å²) < 4.78 is 0. The van der Waals surface area contributed by atoms with E-state index < -0.39 is 0 Å². The van der Waals surface area contributed by atoms with Gasteiger partial charge in [-0.05, 0) is 26.0 Å². The molecule has 0 amide bonds. The Morgan fingerprint density at radius 2 is 1.75 bits per heavy atom. The molecule has 0 N–H and O–H groups in total. The lowest BCUT2D eigenvalue weighted by Gasteiger charge is -2.29. The second kappa shape index (κ2) is 6.08. The molecule has 0 heterocycles. The Hall–Kier alpha value is -2.52. The zero-order chi connectivity index (χ0) is 14.5. The van der Waals surface area contributed by atoms with Crippen molar-refractivity contribution >= 4 is 16.5 Å². The van der Waals surface area contributed by atoms with Gasteiger partial charge in [-0.25, -0.2) is 0 Å². The lowest BCUT2D eigenvalue weighted by molar-refractivity contribution is 0.689. The molecule has 3 nitrogen and oxygen atoms in total. The van der Waals surface area contributed by atoms with Crippen molar-refractivity contribution in [2.45, 2.75) is 26.3 Å². The van der Waals surface area contributed by atoms with Gasteiger partial charge < -0.3 is 4.90 Å². The first kappa shape index (κ1) is 13.9. The third kappa shape index (κ3) is 2.58. The van der Waals surface area contributed by atoms with Crippen molar-refractivity contribution in [1.29, 1.82) is 10.5 Å². The number of anilines is 1. The molecular weight excluding hydrogens is 246 g/mol. The van der Waals surface area contributed by atoms with Crippen molar-refractivity contribution in [3.63, 3.8) is 0 Å². The summed E-state index contributed by atoms with van der Waals surface area (Å²) in [5, 5.41) is 20.1. The van der Waals surface area contributed by atoms with Gasteiger partial charge in [0.25, 0.3) is 0 Å². The number of nitriles is 2. The third-order valence-electron chi connectivity index (χ3n) is 3.42. The van der Waals surface area contributed by atoms with Gasteiger partial charge in [0.2, 0.25) is 0 Å². The lowest BCUT2D eigenvalue weighted by Crippen LogP contribution is -2.31. The highest BCUT2D eigenvalue weighted by Crippen LogP contribution is 2.30. The molecule has 0 saturated carbocycles. The summed E-state index contributed by atoms with van der Waals surface area (Å²) in [7, 11) is 0. The van der Waals surface area contributed by atoms with E-state index in [9.17, 15) is 5.26 Å². The van der Waals surface area contributed by atoms with Crippen LogP contribution in [-0.4, -0.2) is 12.6 Å². The molecular formula is C17H17N3. The van der Waals surface area contributed by atoms with Gasteiger partial charge in [-0.2, -0.15) is 10.5 Å². The summed E-state index contributed by atoms with van der Waals surface area (Å²) >= 11 is 0. The fraction of sp³-hybridized carbons (Fsp3) is 0.294. The van der Waals surface area contributed by atoms with Crippen molar-refractivity contribution in [1.82, 2.24) is 0 Å². The molecule has 0 fully saturated rings. The molecule has 20 heavy (non-hydrogen) atoms. The number of rotatable bonds is 4. The predicted molar refractivity (Wildman–Crippen MR) is 81.4 cm³/mol. The molecule has 0 saturated heterocycles. The predicted octanol–water partition coefficient (Wildman–Crippen LogP) is 3.84. The SMILES string of the molecule is CC(C)N(CCC#N)c1ccc(C#N)c2ccccc12. The van der Waals surface area contributed by atoms with Crippen molar-refractivity contribution in [3.05, 3.63) is 42.0 Å². The van der Waals surface area contributed by atoms with E-state index in [0.717, 1.165) is 16.5 Å². The number of nitrogens with zero attached hydrogens (tertiary/aromatic N) is 3. The summed E-state index contributed by atoms with van der Waals surface area (Å²) in [6, 6.07) is 16.5. The van der Waals surface area contributed by atoms with Crippen molar-refractivity contribution in [2.24, 2.45) is 0 Å². The van der Waals surface area contributed by atoms with Gasteiger partial charge in [-0.1, -0.05) is 24.3 Å². The molecule has 2 aromatic carbocycles. The van der Waals surface area contributed by atoms with Crippen LogP contribution in [0.2, 0.25) is 0 Å². The smallest absolute Gasteiger partial charge is 0.0998 e. The first-order chi connectivity index (χ1) is 9.69. The van der Waals surface area contributed by atoms with Gasteiger partial charge in [0.15, 0.2) is 0 Å². The minimum absolute atomic E-state index is 0.305. The molecule has 2 rings (SSSR count). The minimum Gasteiger partial charge on any atom is -0.368 e. The summed E-state index contributed by atoms with van der Waals surface area (Å²) in [6.07, 6.45) is 0.493. The summed E-state index contributed by atoms with van der Waals surface area (Å²) in [5.41, 5.74) is 1.78. The van der Waals surface area contributed by atoms with Crippen LogP contribution >= 0.6 is 0 Å². The monoisotopic (exact) mass is 263 g/mol. The molecule has 0 unspecified atom stereocenters. The topological polar surface area (TPSA) is 50.8 Å². The number of hydrogen-bond acceptors (Lipinski definition) is 3. The van der Waals surface area contributed by atoms with Gasteiger partial charge in [0.05, 0.1) is 24.1 Å². The van der Waals surface area contributed by atoms with Gasteiger partial charge >= 0.3 is 0 Å². The van der Waals surface area contributed by atoms with Gasteiger partial charge in [-0.15, -0.1) is 0 Å². The van der Waals surface area contributed by atoms with Crippen LogP contribution in [-0.2, 0) is 0 Å². The van der Waals surface area contributed by atoms with E-state index in [1.54, 1.807) is 0 Å². The average molecular weight is 263 g/mol. The molecule has 3 heteroatoms. The Balaban J connectivity index is 2.59. The van der Waals surface area contributed by atoms with Gasteiger partial charge in [-0.3, -0.25) is 0 Å². The molecule has 0 aliphatic carbocycles. The fourth-order valence-corrected chi connectivity index (χ4v) is 2.46. The second-order valence-corrected chi connectivity index (χ2v) is 4.98. The van der Waals surface area contributed by atoms with Crippen LogP contribution in [0.5, 0.6) is 0 Å². The van der Waals surface area contributed by atoms with Crippen LogP contribution in [0.3, 0.4) is 0 Å². The van der Waals surface area contributed by atoms with Crippen molar-refractivity contribution in [3.8, 4) is 12.1 Å². The molecule has 0 atom stereocenters. The molecule has 0 aliphatic rings. The molecule has 0 bridgehead atoms. The Labute approximate surface area is 119 Å². The van der Waals surface area contributed by atoms with E-state index in [-0.39, 0.29) is 0 Å². The summed E-state index contributed by atoms with van der Waals surface area (Å²) in [6.45, 7) is 4.93. The normalized spacial score (nSPS) is 10.2. The molecule has 0 radical (unpaired) electrons. The van der Waals surface area contributed by atoms with E-state index >= 15 is 0 Å². The summed E-state index contributed by atoms with van der Waals surface area (Å²) in [5.74, 6) is 0. The number of hydrogen-bond donors (Lipinski definition) is 0. The maximum absolute atomic E-state index is 9.21. The molecule has 0 spiro atoms. The Morgan fingerprint density at radius 1 is 1.05 bits per heavy atom. The first-order valence-electron chi connectivity index (χ1n) is 6.74. The average Bonchev–Trinajstić information content (AvgIpc) is 2.47. The minimum atomic E-state index is 0.305. The van der Waals surface area contributed by atoms with E-state index in [2.05, 4.69) is 30.9 Å². The van der Waals surface area contributed by atoms with E-state index in [1.165, 1.54) is 0 Å². The highest BCUT2D eigenvalue weighted by Gasteiger charge is 2.14. The molecule has 0 aliphatic heterocycles. The summed E-state index contributed by atoms with van der Waals surface area (Å²) in [4.78, 5) is 2.21. The van der Waals surface area contributed by atoms with Crippen LogP contribution in [0.15, 0.2) is 36.4 Å². The Morgan fingerprint density at radius 3 is 2.35 bits per heavy atom. The number of benzene rings is 2. The fourth-order valence-electron chi connectivity index (χ4n) is 2.46.